The molecule has 2 aliphatic rings. The zero-order chi connectivity index (χ0) is 18.2. The van der Waals surface area contributed by atoms with Crippen molar-refractivity contribution in [1.82, 2.24) is 10.6 Å². The summed E-state index contributed by atoms with van der Waals surface area (Å²) in [6.45, 7) is 2.56. The Morgan fingerprint density at radius 1 is 0.808 bits per heavy atom. The van der Waals surface area contributed by atoms with E-state index in [1.54, 1.807) is 24.3 Å². The molecule has 142 valence electrons. The summed E-state index contributed by atoms with van der Waals surface area (Å²) < 4.78 is 10.9. The molecular weight excluding hydrogens is 336 g/mol. The summed E-state index contributed by atoms with van der Waals surface area (Å²) in [6.07, 6.45) is 4.28. The number of nitrogens with one attached hydrogen (secondary N) is 4. The van der Waals surface area contributed by atoms with Gasteiger partial charge < -0.3 is 30.7 Å². The van der Waals surface area contributed by atoms with Gasteiger partial charge in [0.2, 0.25) is 0 Å². The van der Waals surface area contributed by atoms with E-state index < -0.39 is 0 Å². The first-order chi connectivity index (χ1) is 12.7. The monoisotopic (exact) mass is 362 g/mol. The Labute approximate surface area is 153 Å². The molecule has 0 aliphatic carbocycles. The van der Waals surface area contributed by atoms with E-state index in [2.05, 4.69) is 21.3 Å². The summed E-state index contributed by atoms with van der Waals surface area (Å²) in [5.41, 5.74) is 1.31. The lowest BCUT2D eigenvalue weighted by atomic mass is 10.2. The van der Waals surface area contributed by atoms with E-state index in [0.29, 0.717) is 24.5 Å². The molecule has 0 saturated carbocycles. The summed E-state index contributed by atoms with van der Waals surface area (Å²) >= 11 is 0. The molecule has 8 nitrogen and oxygen atoms in total. The van der Waals surface area contributed by atoms with Gasteiger partial charge >= 0.3 is 12.1 Å². The Kier molecular flexibility index (Phi) is 6.68. The van der Waals surface area contributed by atoms with Gasteiger partial charge in [-0.25, -0.2) is 9.59 Å². The predicted octanol–water partition coefficient (Wildman–Crippen LogP) is 2.29. The molecule has 2 heterocycles. The van der Waals surface area contributed by atoms with Crippen molar-refractivity contribution < 1.29 is 19.1 Å². The van der Waals surface area contributed by atoms with E-state index in [4.69, 9.17) is 9.47 Å². The highest BCUT2D eigenvalue weighted by Gasteiger charge is 2.17. The highest BCUT2D eigenvalue weighted by molar-refractivity contribution is 5.91. The van der Waals surface area contributed by atoms with Crippen molar-refractivity contribution in [3.05, 3.63) is 24.3 Å². The molecular formula is C18H26N4O4. The maximum absolute atomic E-state index is 11.9. The van der Waals surface area contributed by atoms with Crippen molar-refractivity contribution in [2.45, 2.75) is 37.9 Å². The van der Waals surface area contributed by atoms with Gasteiger partial charge in [0.05, 0.1) is 12.2 Å². The zero-order valence-corrected chi connectivity index (χ0v) is 14.8. The van der Waals surface area contributed by atoms with E-state index in [-0.39, 0.29) is 24.3 Å². The van der Waals surface area contributed by atoms with Crippen LogP contribution in [-0.2, 0) is 9.47 Å². The van der Waals surface area contributed by atoms with Crippen LogP contribution in [0.5, 0.6) is 0 Å². The SMILES string of the molecule is O=C(NC[C@H]1CCCO1)Nc1ccc(NC(=O)NC[C@H]2CCCO2)cc1. The van der Waals surface area contributed by atoms with Gasteiger partial charge in [0.1, 0.15) is 0 Å². The summed E-state index contributed by atoms with van der Waals surface area (Å²) in [7, 11) is 0. The molecule has 2 fully saturated rings. The van der Waals surface area contributed by atoms with Crippen molar-refractivity contribution >= 4 is 23.4 Å². The third-order valence-electron chi connectivity index (χ3n) is 4.43. The standard InChI is InChI=1S/C18H26N4O4/c23-17(19-11-15-3-1-9-25-15)21-13-5-7-14(8-6-13)22-18(24)20-12-16-4-2-10-26-16/h5-8,15-16H,1-4,9-12H2,(H2,19,21,23)(H2,20,22,24)/t15-,16-/m1/s1. The minimum atomic E-state index is -0.268. The Hall–Kier alpha value is -2.32. The molecule has 1 aromatic carbocycles. The molecule has 0 spiro atoms. The van der Waals surface area contributed by atoms with Crippen LogP contribution in [0.4, 0.5) is 21.0 Å². The summed E-state index contributed by atoms with van der Waals surface area (Å²) in [5, 5.41) is 11.1. The summed E-state index contributed by atoms with van der Waals surface area (Å²) in [4.78, 5) is 23.7. The molecule has 2 aliphatic heterocycles. The van der Waals surface area contributed by atoms with Gasteiger partial charge in [-0.3, -0.25) is 0 Å². The van der Waals surface area contributed by atoms with Gasteiger partial charge in [0, 0.05) is 37.7 Å². The normalized spacial score (nSPS) is 22.0. The maximum atomic E-state index is 11.9. The van der Waals surface area contributed by atoms with Gasteiger partial charge in [0.15, 0.2) is 0 Å². The van der Waals surface area contributed by atoms with E-state index in [1.165, 1.54) is 0 Å². The van der Waals surface area contributed by atoms with Crippen LogP contribution in [0.2, 0.25) is 0 Å². The quantitative estimate of drug-likeness (QED) is 0.624. The molecule has 2 saturated heterocycles. The van der Waals surface area contributed by atoms with Crippen LogP contribution in [0, 0.1) is 0 Å². The number of carbonyl (C=O) groups is 2. The lowest BCUT2D eigenvalue weighted by Crippen LogP contribution is -2.35. The number of ether oxygens (including phenoxy) is 2. The number of hydrogen-bond donors (Lipinski definition) is 4. The second-order valence-corrected chi connectivity index (χ2v) is 6.52. The van der Waals surface area contributed by atoms with Crippen LogP contribution in [0.1, 0.15) is 25.7 Å². The fourth-order valence-electron chi connectivity index (χ4n) is 3.01. The fourth-order valence-corrected chi connectivity index (χ4v) is 3.01. The van der Waals surface area contributed by atoms with Crippen LogP contribution in [-0.4, -0.2) is 50.6 Å². The Balaban J connectivity index is 1.36. The molecule has 0 aromatic heterocycles. The van der Waals surface area contributed by atoms with Crippen LogP contribution < -0.4 is 21.3 Å². The minimum Gasteiger partial charge on any atom is -0.376 e. The molecule has 3 rings (SSSR count). The van der Waals surface area contributed by atoms with E-state index in [9.17, 15) is 9.59 Å². The number of benzene rings is 1. The average molecular weight is 362 g/mol. The Bertz CT molecular complexity index is 543. The Morgan fingerprint density at radius 2 is 1.23 bits per heavy atom. The van der Waals surface area contributed by atoms with Gasteiger partial charge in [-0.1, -0.05) is 0 Å². The van der Waals surface area contributed by atoms with Crippen molar-refractivity contribution in [2.75, 3.05) is 36.9 Å². The molecule has 4 amide bonds. The number of hydrogen-bond acceptors (Lipinski definition) is 4. The molecule has 8 heteroatoms. The topological polar surface area (TPSA) is 101 Å². The molecule has 4 N–H and O–H groups in total. The third kappa shape index (κ3) is 5.89. The third-order valence-corrected chi connectivity index (χ3v) is 4.43. The van der Waals surface area contributed by atoms with Gasteiger partial charge in [-0.2, -0.15) is 0 Å². The van der Waals surface area contributed by atoms with E-state index >= 15 is 0 Å². The van der Waals surface area contributed by atoms with Gasteiger partial charge in [-0.05, 0) is 49.9 Å². The first-order valence-corrected chi connectivity index (χ1v) is 9.12. The lowest BCUT2D eigenvalue weighted by molar-refractivity contribution is 0.112. The lowest BCUT2D eigenvalue weighted by Gasteiger charge is -2.13. The molecule has 1 aromatic rings. The van der Waals surface area contributed by atoms with Gasteiger partial charge in [-0.15, -0.1) is 0 Å². The highest BCUT2D eigenvalue weighted by atomic mass is 16.5. The largest absolute Gasteiger partial charge is 0.376 e. The fraction of sp³-hybridized carbons (Fsp3) is 0.556. The summed E-state index contributed by atoms with van der Waals surface area (Å²) in [6, 6.07) is 6.41. The number of anilines is 2. The highest BCUT2D eigenvalue weighted by Crippen LogP contribution is 2.14. The Morgan fingerprint density at radius 3 is 1.58 bits per heavy atom. The number of rotatable bonds is 6. The van der Waals surface area contributed by atoms with Crippen molar-refractivity contribution in [1.29, 1.82) is 0 Å². The van der Waals surface area contributed by atoms with E-state index in [0.717, 1.165) is 38.9 Å². The van der Waals surface area contributed by atoms with Crippen LogP contribution >= 0.6 is 0 Å². The molecule has 0 radical (unpaired) electrons. The number of amides is 4. The van der Waals surface area contributed by atoms with E-state index in [1.807, 2.05) is 0 Å². The molecule has 0 bridgehead atoms. The predicted molar refractivity (Wildman–Crippen MR) is 98.4 cm³/mol. The van der Waals surface area contributed by atoms with Crippen molar-refractivity contribution in [3.63, 3.8) is 0 Å². The van der Waals surface area contributed by atoms with Crippen molar-refractivity contribution in [3.8, 4) is 0 Å². The molecule has 2 atom stereocenters. The maximum Gasteiger partial charge on any atom is 0.319 e. The molecule has 0 unspecified atom stereocenters. The average Bonchev–Trinajstić information content (AvgIpc) is 3.34. The van der Waals surface area contributed by atoms with Gasteiger partial charge in [0.25, 0.3) is 0 Å². The second-order valence-electron chi connectivity index (χ2n) is 6.52. The van der Waals surface area contributed by atoms with Crippen LogP contribution in [0.15, 0.2) is 24.3 Å². The van der Waals surface area contributed by atoms with Crippen LogP contribution in [0.25, 0.3) is 0 Å². The minimum absolute atomic E-state index is 0.112. The second kappa shape index (κ2) is 9.40. The number of urea groups is 2. The van der Waals surface area contributed by atoms with Crippen molar-refractivity contribution in [2.24, 2.45) is 0 Å². The first-order valence-electron chi connectivity index (χ1n) is 9.12. The van der Waals surface area contributed by atoms with Crippen LogP contribution in [0.3, 0.4) is 0 Å². The molecule has 26 heavy (non-hydrogen) atoms. The summed E-state index contributed by atoms with van der Waals surface area (Å²) in [5.74, 6) is 0. The first kappa shape index (κ1) is 18.5. The zero-order valence-electron chi connectivity index (χ0n) is 14.8. The number of carbonyl (C=O) groups excluding carboxylic acids is 2. The smallest absolute Gasteiger partial charge is 0.319 e.